The summed E-state index contributed by atoms with van der Waals surface area (Å²) < 4.78 is 0. The van der Waals surface area contributed by atoms with E-state index in [9.17, 15) is 4.79 Å². The summed E-state index contributed by atoms with van der Waals surface area (Å²) in [6.45, 7) is 5.66. The lowest BCUT2D eigenvalue weighted by molar-refractivity contribution is -0.133. The van der Waals surface area contributed by atoms with Crippen LogP contribution in [0.25, 0.3) is 0 Å². The van der Waals surface area contributed by atoms with E-state index >= 15 is 0 Å². The van der Waals surface area contributed by atoms with Gasteiger partial charge < -0.3 is 5.11 Å². The Labute approximate surface area is 61.6 Å². The molecule has 0 saturated heterocycles. The van der Waals surface area contributed by atoms with E-state index in [1.165, 1.54) is 0 Å². The maximum atomic E-state index is 10.5. The van der Waals surface area contributed by atoms with Gasteiger partial charge in [0.2, 0.25) is 0 Å². The number of carboxylic acid groups (broad SMARTS) is 1. The lowest BCUT2D eigenvalue weighted by atomic mass is 9.99. The molecule has 58 valence electrons. The van der Waals surface area contributed by atoms with Gasteiger partial charge in [-0.05, 0) is 19.3 Å². The topological polar surface area (TPSA) is 37.3 Å². The molecular weight excluding hydrogens is 128 g/mol. The van der Waals surface area contributed by atoms with Crippen LogP contribution < -0.4 is 0 Å². The molecule has 0 spiro atoms. The second-order valence-corrected chi connectivity index (χ2v) is 2.36. The number of carboxylic acids is 1. The van der Waals surface area contributed by atoms with E-state index in [0.717, 1.165) is 6.42 Å². The fourth-order valence-corrected chi connectivity index (χ4v) is 0.839. The van der Waals surface area contributed by atoms with Crippen LogP contribution in [0.1, 0.15) is 27.2 Å². The van der Waals surface area contributed by atoms with Gasteiger partial charge in [0.1, 0.15) is 0 Å². The maximum Gasteiger partial charge on any atom is 0.331 e. The highest BCUT2D eigenvalue weighted by Gasteiger charge is 2.11. The average molecular weight is 142 g/mol. The van der Waals surface area contributed by atoms with Gasteiger partial charge in [0, 0.05) is 5.57 Å². The molecule has 2 nitrogen and oxygen atoms in total. The zero-order valence-electron chi connectivity index (χ0n) is 6.72. The lowest BCUT2D eigenvalue weighted by Crippen LogP contribution is -2.08. The largest absolute Gasteiger partial charge is 0.478 e. The molecule has 0 aromatic rings. The van der Waals surface area contributed by atoms with Crippen molar-refractivity contribution in [2.75, 3.05) is 0 Å². The molecule has 1 unspecified atom stereocenters. The van der Waals surface area contributed by atoms with Gasteiger partial charge in [-0.25, -0.2) is 4.79 Å². The summed E-state index contributed by atoms with van der Waals surface area (Å²) in [6, 6.07) is 0. The first-order valence-corrected chi connectivity index (χ1v) is 3.53. The Morgan fingerprint density at radius 1 is 1.70 bits per heavy atom. The molecular formula is C8H14O2. The van der Waals surface area contributed by atoms with Gasteiger partial charge >= 0.3 is 5.97 Å². The minimum Gasteiger partial charge on any atom is -0.478 e. The molecule has 0 fully saturated rings. The Hall–Kier alpha value is -0.790. The number of carbonyl (C=O) groups is 1. The molecule has 0 heterocycles. The van der Waals surface area contributed by atoms with Crippen molar-refractivity contribution in [3.8, 4) is 0 Å². The Bertz CT molecular complexity index is 147. The molecule has 1 N–H and O–H groups in total. The third kappa shape index (κ3) is 2.21. The van der Waals surface area contributed by atoms with E-state index in [1.54, 1.807) is 13.0 Å². The van der Waals surface area contributed by atoms with E-state index in [1.807, 2.05) is 13.8 Å². The molecule has 10 heavy (non-hydrogen) atoms. The van der Waals surface area contributed by atoms with Crippen molar-refractivity contribution in [1.29, 1.82) is 0 Å². The minimum atomic E-state index is -0.795. The van der Waals surface area contributed by atoms with Crippen LogP contribution in [-0.2, 0) is 4.79 Å². The molecule has 0 aromatic carbocycles. The van der Waals surface area contributed by atoms with Crippen molar-refractivity contribution < 1.29 is 9.90 Å². The van der Waals surface area contributed by atoms with E-state index < -0.39 is 5.97 Å². The fraction of sp³-hybridized carbons (Fsp3) is 0.625. The molecule has 1 atom stereocenters. The lowest BCUT2D eigenvalue weighted by Gasteiger charge is -2.07. The van der Waals surface area contributed by atoms with Crippen molar-refractivity contribution in [2.45, 2.75) is 27.2 Å². The van der Waals surface area contributed by atoms with Crippen LogP contribution in [0.3, 0.4) is 0 Å². The smallest absolute Gasteiger partial charge is 0.331 e. The summed E-state index contributed by atoms with van der Waals surface area (Å²) in [5.74, 6) is -0.626. The number of hydrogen-bond acceptors (Lipinski definition) is 1. The van der Waals surface area contributed by atoms with Crippen LogP contribution in [0.5, 0.6) is 0 Å². The first-order chi connectivity index (χ1) is 4.63. The Balaban J connectivity index is 4.23. The quantitative estimate of drug-likeness (QED) is 0.612. The summed E-state index contributed by atoms with van der Waals surface area (Å²) >= 11 is 0. The molecule has 0 aliphatic carbocycles. The Morgan fingerprint density at radius 2 is 2.20 bits per heavy atom. The summed E-state index contributed by atoms with van der Waals surface area (Å²) in [4.78, 5) is 10.5. The highest BCUT2D eigenvalue weighted by atomic mass is 16.4. The van der Waals surface area contributed by atoms with Crippen LogP contribution in [-0.4, -0.2) is 11.1 Å². The SMILES string of the molecule is C/C=C(/C(=O)O)C(C)CC. The van der Waals surface area contributed by atoms with Gasteiger partial charge in [0.15, 0.2) is 0 Å². The normalized spacial score (nSPS) is 14.9. The molecule has 0 bridgehead atoms. The van der Waals surface area contributed by atoms with Gasteiger partial charge in [-0.2, -0.15) is 0 Å². The summed E-state index contributed by atoms with van der Waals surface area (Å²) in [5, 5.41) is 8.61. The molecule has 2 heteroatoms. The standard InChI is InChI=1S/C8H14O2/c1-4-6(3)7(5-2)8(9)10/h5-6H,4H2,1-3H3,(H,9,10)/b7-5+. The van der Waals surface area contributed by atoms with Gasteiger partial charge in [0.05, 0.1) is 0 Å². The Morgan fingerprint density at radius 3 is 2.30 bits per heavy atom. The first kappa shape index (κ1) is 9.21. The summed E-state index contributed by atoms with van der Waals surface area (Å²) in [5.41, 5.74) is 0.516. The zero-order chi connectivity index (χ0) is 8.15. The second-order valence-electron chi connectivity index (χ2n) is 2.36. The van der Waals surface area contributed by atoms with E-state index in [2.05, 4.69) is 0 Å². The van der Waals surface area contributed by atoms with Crippen LogP contribution in [0.15, 0.2) is 11.6 Å². The van der Waals surface area contributed by atoms with Gasteiger partial charge in [-0.15, -0.1) is 0 Å². The van der Waals surface area contributed by atoms with E-state index in [0.29, 0.717) is 5.57 Å². The number of rotatable bonds is 3. The molecule has 0 radical (unpaired) electrons. The van der Waals surface area contributed by atoms with Crippen molar-refractivity contribution in [1.82, 2.24) is 0 Å². The molecule has 0 aromatic heterocycles. The van der Waals surface area contributed by atoms with Crippen LogP contribution in [0.2, 0.25) is 0 Å². The third-order valence-electron chi connectivity index (χ3n) is 1.70. The van der Waals surface area contributed by atoms with E-state index in [4.69, 9.17) is 5.11 Å². The van der Waals surface area contributed by atoms with Crippen molar-refractivity contribution in [3.05, 3.63) is 11.6 Å². The van der Waals surface area contributed by atoms with Gasteiger partial charge in [-0.3, -0.25) is 0 Å². The highest BCUT2D eigenvalue weighted by Crippen LogP contribution is 2.13. The van der Waals surface area contributed by atoms with Crippen molar-refractivity contribution >= 4 is 5.97 Å². The van der Waals surface area contributed by atoms with Gasteiger partial charge in [0.25, 0.3) is 0 Å². The van der Waals surface area contributed by atoms with Crippen LogP contribution in [0.4, 0.5) is 0 Å². The summed E-state index contributed by atoms with van der Waals surface area (Å²) in [6.07, 6.45) is 2.54. The maximum absolute atomic E-state index is 10.5. The number of allylic oxidation sites excluding steroid dienone is 1. The predicted molar refractivity (Wildman–Crippen MR) is 40.8 cm³/mol. The molecule has 0 amide bonds. The van der Waals surface area contributed by atoms with Crippen molar-refractivity contribution in [3.63, 3.8) is 0 Å². The molecule has 0 aliphatic rings. The number of hydrogen-bond donors (Lipinski definition) is 1. The Kier molecular flexibility index (Phi) is 3.77. The molecule has 0 aliphatic heterocycles. The highest BCUT2D eigenvalue weighted by molar-refractivity contribution is 5.86. The predicted octanol–water partition coefficient (Wildman–Crippen LogP) is 2.06. The molecule has 0 saturated carbocycles. The van der Waals surface area contributed by atoms with Gasteiger partial charge in [-0.1, -0.05) is 19.9 Å². The van der Waals surface area contributed by atoms with Crippen molar-refractivity contribution in [2.24, 2.45) is 5.92 Å². The number of aliphatic carboxylic acids is 1. The van der Waals surface area contributed by atoms with E-state index in [-0.39, 0.29) is 5.92 Å². The molecule has 0 rings (SSSR count). The monoisotopic (exact) mass is 142 g/mol. The van der Waals surface area contributed by atoms with Crippen LogP contribution >= 0.6 is 0 Å². The summed E-state index contributed by atoms with van der Waals surface area (Å²) in [7, 11) is 0. The zero-order valence-corrected chi connectivity index (χ0v) is 6.72. The fourth-order valence-electron chi connectivity index (χ4n) is 0.839. The second kappa shape index (κ2) is 4.09. The third-order valence-corrected chi connectivity index (χ3v) is 1.70. The minimum absolute atomic E-state index is 0.169. The average Bonchev–Trinajstić information content (AvgIpc) is 1.88. The first-order valence-electron chi connectivity index (χ1n) is 3.53. The van der Waals surface area contributed by atoms with Crippen LogP contribution in [0, 0.1) is 5.92 Å².